The van der Waals surface area contributed by atoms with E-state index >= 15 is 0 Å². The molecule has 7 nitrogen and oxygen atoms in total. The molecule has 0 bridgehead atoms. The molecule has 1 saturated heterocycles. The van der Waals surface area contributed by atoms with Gasteiger partial charge in [0.05, 0.1) is 0 Å². The molecule has 118 valence electrons. The van der Waals surface area contributed by atoms with Crippen molar-refractivity contribution < 1.29 is 22.8 Å². The zero-order valence-corrected chi connectivity index (χ0v) is 13.2. The van der Waals surface area contributed by atoms with Crippen molar-refractivity contribution in [2.75, 3.05) is 6.54 Å². The van der Waals surface area contributed by atoms with Crippen molar-refractivity contribution in [3.05, 3.63) is 17.5 Å². The van der Waals surface area contributed by atoms with Gasteiger partial charge in [0, 0.05) is 18.0 Å². The van der Waals surface area contributed by atoms with Crippen molar-refractivity contribution in [3.8, 4) is 0 Å². The van der Waals surface area contributed by atoms with E-state index in [4.69, 9.17) is 9.63 Å². The number of carbonyl (C=O) groups is 1. The average molecular weight is 316 g/mol. The molecule has 0 saturated carbocycles. The zero-order valence-electron chi connectivity index (χ0n) is 12.4. The van der Waals surface area contributed by atoms with E-state index in [1.54, 1.807) is 6.07 Å². The van der Waals surface area contributed by atoms with Gasteiger partial charge in [-0.2, -0.15) is 4.31 Å². The van der Waals surface area contributed by atoms with E-state index in [0.717, 1.165) is 4.31 Å². The zero-order chi connectivity index (χ0) is 15.8. The third kappa shape index (κ3) is 3.44. The third-order valence-corrected chi connectivity index (χ3v) is 5.29. The lowest BCUT2D eigenvalue weighted by Gasteiger charge is -2.20. The first-order valence-corrected chi connectivity index (χ1v) is 8.40. The highest BCUT2D eigenvalue weighted by molar-refractivity contribution is 7.88. The van der Waals surface area contributed by atoms with Gasteiger partial charge in [-0.3, -0.25) is 4.79 Å². The number of aromatic nitrogens is 1. The number of aliphatic carboxylic acids is 1. The Balaban J connectivity index is 2.18. The van der Waals surface area contributed by atoms with Crippen molar-refractivity contribution in [1.29, 1.82) is 0 Å². The van der Waals surface area contributed by atoms with Gasteiger partial charge < -0.3 is 9.63 Å². The topological polar surface area (TPSA) is 101 Å². The molecule has 1 aliphatic heterocycles. The fourth-order valence-electron chi connectivity index (χ4n) is 2.32. The molecule has 1 N–H and O–H groups in total. The molecule has 8 heteroatoms. The maximum atomic E-state index is 12.4. The van der Waals surface area contributed by atoms with E-state index in [-0.39, 0.29) is 17.7 Å². The average Bonchev–Trinajstić information content (AvgIpc) is 2.93. The molecule has 0 aromatic carbocycles. The summed E-state index contributed by atoms with van der Waals surface area (Å²) in [6.07, 6.45) is 0.906. The maximum Gasteiger partial charge on any atom is 0.322 e. The lowest BCUT2D eigenvalue weighted by molar-refractivity contribution is -0.140. The van der Waals surface area contributed by atoms with Crippen LogP contribution in [0.5, 0.6) is 0 Å². The summed E-state index contributed by atoms with van der Waals surface area (Å²) in [4.78, 5) is 11.1. The van der Waals surface area contributed by atoms with Crippen LogP contribution in [0, 0.1) is 0 Å². The summed E-state index contributed by atoms with van der Waals surface area (Å²) in [5.41, 5.74) is 0.0441. The van der Waals surface area contributed by atoms with E-state index in [1.165, 1.54) is 0 Å². The Hall–Kier alpha value is -1.41. The number of nitrogens with zero attached hydrogens (tertiary/aromatic N) is 2. The largest absolute Gasteiger partial charge is 0.480 e. The van der Waals surface area contributed by atoms with E-state index in [0.29, 0.717) is 24.3 Å². The van der Waals surface area contributed by atoms with Gasteiger partial charge in [-0.15, -0.1) is 0 Å². The minimum atomic E-state index is -3.71. The first-order valence-electron chi connectivity index (χ1n) is 6.79. The molecule has 1 aromatic heterocycles. The molecule has 1 aromatic rings. The van der Waals surface area contributed by atoms with Crippen molar-refractivity contribution in [2.45, 2.75) is 50.8 Å². The Morgan fingerprint density at radius 3 is 2.71 bits per heavy atom. The molecule has 21 heavy (non-hydrogen) atoms. The summed E-state index contributed by atoms with van der Waals surface area (Å²) in [7, 11) is -3.71. The molecule has 1 fully saturated rings. The molecule has 1 unspecified atom stereocenters. The van der Waals surface area contributed by atoms with Gasteiger partial charge in [0.25, 0.3) is 0 Å². The first-order chi connectivity index (χ1) is 9.61. The predicted molar refractivity (Wildman–Crippen MR) is 75.2 cm³/mol. The minimum absolute atomic E-state index is 0.239. The molecule has 1 atom stereocenters. The standard InChI is InChI=1S/C13H20N2O5S/c1-13(2,3)11-7-9(14-20-11)8-21(18,19)15-6-4-5-10(15)12(16)17/h7,10H,4-6,8H2,1-3H3,(H,16,17). The monoisotopic (exact) mass is 316 g/mol. The Morgan fingerprint density at radius 2 is 2.19 bits per heavy atom. The van der Waals surface area contributed by atoms with Crippen molar-refractivity contribution in [3.63, 3.8) is 0 Å². The molecular weight excluding hydrogens is 296 g/mol. The maximum absolute atomic E-state index is 12.4. The van der Waals surface area contributed by atoms with Crippen LogP contribution >= 0.6 is 0 Å². The van der Waals surface area contributed by atoms with Crippen molar-refractivity contribution in [1.82, 2.24) is 9.46 Å². The van der Waals surface area contributed by atoms with E-state index < -0.39 is 22.0 Å². The summed E-state index contributed by atoms with van der Waals surface area (Å²) in [5.74, 6) is -0.841. The highest BCUT2D eigenvalue weighted by Crippen LogP contribution is 2.26. The summed E-state index contributed by atoms with van der Waals surface area (Å²) in [5, 5.41) is 12.9. The fraction of sp³-hybridized carbons (Fsp3) is 0.692. The first kappa shape index (κ1) is 16.0. The van der Waals surface area contributed by atoms with Crippen LogP contribution in [0.25, 0.3) is 0 Å². The van der Waals surface area contributed by atoms with Crippen LogP contribution in [0.15, 0.2) is 10.6 Å². The lowest BCUT2D eigenvalue weighted by atomic mass is 9.93. The van der Waals surface area contributed by atoms with Gasteiger partial charge in [-0.1, -0.05) is 25.9 Å². The number of hydrogen-bond acceptors (Lipinski definition) is 5. The Labute approximate surface area is 124 Å². The highest BCUT2D eigenvalue weighted by Gasteiger charge is 2.39. The number of carboxylic acid groups (broad SMARTS) is 1. The van der Waals surface area contributed by atoms with Crippen LogP contribution < -0.4 is 0 Å². The SMILES string of the molecule is CC(C)(C)c1cc(CS(=O)(=O)N2CCCC2C(=O)O)no1. The van der Waals surface area contributed by atoms with Crippen LogP contribution in [0.1, 0.15) is 45.1 Å². The van der Waals surface area contributed by atoms with E-state index in [1.807, 2.05) is 20.8 Å². The quantitative estimate of drug-likeness (QED) is 0.900. The van der Waals surface area contributed by atoms with Crippen LogP contribution in [0.3, 0.4) is 0 Å². The van der Waals surface area contributed by atoms with Gasteiger partial charge in [0.15, 0.2) is 0 Å². The van der Waals surface area contributed by atoms with E-state index in [2.05, 4.69) is 5.16 Å². The van der Waals surface area contributed by atoms with Gasteiger partial charge >= 0.3 is 5.97 Å². The van der Waals surface area contributed by atoms with Crippen LogP contribution in [-0.4, -0.2) is 41.5 Å². The van der Waals surface area contributed by atoms with Crippen LogP contribution in [0.4, 0.5) is 0 Å². The molecule has 0 spiro atoms. The predicted octanol–water partition coefficient (Wildman–Crippen LogP) is 1.35. The van der Waals surface area contributed by atoms with Gasteiger partial charge in [0.1, 0.15) is 23.2 Å². The Morgan fingerprint density at radius 1 is 1.52 bits per heavy atom. The van der Waals surface area contributed by atoms with Crippen molar-refractivity contribution >= 4 is 16.0 Å². The molecule has 0 aliphatic carbocycles. The Kier molecular flexibility index (Phi) is 4.12. The Bertz CT molecular complexity index is 629. The smallest absolute Gasteiger partial charge is 0.322 e. The lowest BCUT2D eigenvalue weighted by Crippen LogP contribution is -2.41. The van der Waals surface area contributed by atoms with Crippen molar-refractivity contribution in [2.24, 2.45) is 0 Å². The minimum Gasteiger partial charge on any atom is -0.480 e. The molecule has 0 amide bonds. The second-order valence-corrected chi connectivity index (χ2v) is 8.22. The second kappa shape index (κ2) is 5.42. The third-order valence-electron chi connectivity index (χ3n) is 3.47. The van der Waals surface area contributed by atoms with Crippen LogP contribution in [-0.2, 0) is 26.0 Å². The number of hydrogen-bond donors (Lipinski definition) is 1. The number of rotatable bonds is 4. The number of carboxylic acids is 1. The summed E-state index contributed by atoms with van der Waals surface area (Å²) in [6, 6.07) is 0.646. The second-order valence-electron chi connectivity index (χ2n) is 6.30. The summed E-state index contributed by atoms with van der Waals surface area (Å²) in [6.45, 7) is 6.05. The normalized spacial score (nSPS) is 20.8. The molecule has 1 aliphatic rings. The van der Waals surface area contributed by atoms with Crippen LogP contribution in [0.2, 0.25) is 0 Å². The van der Waals surface area contributed by atoms with Gasteiger partial charge in [-0.05, 0) is 12.8 Å². The fourth-order valence-corrected chi connectivity index (χ4v) is 3.99. The van der Waals surface area contributed by atoms with E-state index in [9.17, 15) is 13.2 Å². The summed E-state index contributed by atoms with van der Waals surface area (Å²) < 4.78 is 30.9. The highest BCUT2D eigenvalue weighted by atomic mass is 32.2. The molecule has 2 heterocycles. The van der Waals surface area contributed by atoms with Gasteiger partial charge in [0.2, 0.25) is 10.0 Å². The van der Waals surface area contributed by atoms with Gasteiger partial charge in [-0.25, -0.2) is 8.42 Å². The molecule has 2 rings (SSSR count). The number of sulfonamides is 1. The summed E-state index contributed by atoms with van der Waals surface area (Å²) >= 11 is 0. The molecule has 0 radical (unpaired) electrons. The molecular formula is C13H20N2O5S.